The first-order chi connectivity index (χ1) is 12.2. The Balaban J connectivity index is 1.57. The lowest BCUT2D eigenvalue weighted by Gasteiger charge is -2.26. The minimum absolute atomic E-state index is 0.0102. The van der Waals surface area contributed by atoms with Crippen molar-refractivity contribution in [2.75, 3.05) is 46.6 Å². The SMILES string of the molecule is COCCCNC(=O)[C@H]1CCc2sc(C(=O)N3CCOCC3)cc2C1. The number of aryl methyl sites for hydroxylation is 1. The second-order valence-electron chi connectivity index (χ2n) is 6.54. The van der Waals surface area contributed by atoms with Gasteiger partial charge >= 0.3 is 0 Å². The highest BCUT2D eigenvalue weighted by Crippen LogP contribution is 2.33. The molecule has 3 rings (SSSR count). The van der Waals surface area contributed by atoms with Crippen LogP contribution < -0.4 is 5.32 Å². The summed E-state index contributed by atoms with van der Waals surface area (Å²) in [5.74, 6) is 0.230. The standard InChI is InChI=1S/C18H26N2O4S/c1-23-8-2-5-19-17(21)13-3-4-15-14(11-13)12-16(25-15)18(22)20-6-9-24-10-7-20/h12-13H,2-11H2,1H3,(H,19,21)/t13-/m0/s1. The van der Waals surface area contributed by atoms with Gasteiger partial charge < -0.3 is 19.7 Å². The van der Waals surface area contributed by atoms with Crippen molar-refractivity contribution >= 4 is 23.2 Å². The van der Waals surface area contributed by atoms with Crippen LogP contribution in [-0.4, -0.2) is 63.3 Å². The van der Waals surface area contributed by atoms with Gasteiger partial charge in [-0.3, -0.25) is 9.59 Å². The van der Waals surface area contributed by atoms with Crippen LogP contribution >= 0.6 is 11.3 Å². The monoisotopic (exact) mass is 366 g/mol. The number of fused-ring (bicyclic) bond motifs is 1. The molecule has 2 heterocycles. The highest BCUT2D eigenvalue weighted by atomic mass is 32.1. The molecule has 1 aromatic rings. The maximum Gasteiger partial charge on any atom is 0.264 e. The topological polar surface area (TPSA) is 67.9 Å². The van der Waals surface area contributed by atoms with Crippen molar-refractivity contribution in [1.29, 1.82) is 0 Å². The summed E-state index contributed by atoms with van der Waals surface area (Å²) in [5.41, 5.74) is 1.17. The van der Waals surface area contributed by atoms with Gasteiger partial charge in [0, 0.05) is 44.1 Å². The number of amides is 2. The number of nitrogens with zero attached hydrogens (tertiary/aromatic N) is 1. The number of carbonyl (C=O) groups excluding carboxylic acids is 2. The number of rotatable bonds is 6. The molecule has 138 valence electrons. The molecule has 7 heteroatoms. The average Bonchev–Trinajstić information content (AvgIpc) is 3.08. The molecule has 0 unspecified atom stereocenters. The Kier molecular flexibility index (Phi) is 6.45. The highest BCUT2D eigenvalue weighted by Gasteiger charge is 2.28. The van der Waals surface area contributed by atoms with Gasteiger partial charge in [0.05, 0.1) is 18.1 Å². The predicted molar refractivity (Wildman–Crippen MR) is 96.1 cm³/mol. The number of hydrogen-bond acceptors (Lipinski definition) is 5. The maximum absolute atomic E-state index is 12.6. The summed E-state index contributed by atoms with van der Waals surface area (Å²) in [6.45, 7) is 3.86. The fourth-order valence-corrected chi connectivity index (χ4v) is 4.52. The zero-order valence-electron chi connectivity index (χ0n) is 14.7. The maximum atomic E-state index is 12.6. The smallest absolute Gasteiger partial charge is 0.264 e. The van der Waals surface area contributed by atoms with Crippen molar-refractivity contribution in [1.82, 2.24) is 10.2 Å². The minimum Gasteiger partial charge on any atom is -0.385 e. The van der Waals surface area contributed by atoms with Crippen molar-refractivity contribution in [3.63, 3.8) is 0 Å². The summed E-state index contributed by atoms with van der Waals surface area (Å²) in [4.78, 5) is 28.9. The fourth-order valence-electron chi connectivity index (χ4n) is 3.35. The summed E-state index contributed by atoms with van der Waals surface area (Å²) in [7, 11) is 1.66. The van der Waals surface area contributed by atoms with Gasteiger partial charge in [-0.15, -0.1) is 11.3 Å². The number of ether oxygens (including phenoxy) is 2. The molecule has 1 N–H and O–H groups in total. The Bertz CT molecular complexity index is 610. The van der Waals surface area contributed by atoms with Crippen LogP contribution in [0, 0.1) is 5.92 Å². The molecule has 2 amide bonds. The molecule has 0 bridgehead atoms. The van der Waals surface area contributed by atoms with Gasteiger partial charge in [0.25, 0.3) is 5.91 Å². The molecular weight excluding hydrogens is 340 g/mol. The zero-order valence-corrected chi connectivity index (χ0v) is 15.5. The van der Waals surface area contributed by atoms with Gasteiger partial charge in [-0.1, -0.05) is 0 Å². The first-order valence-corrected chi connectivity index (χ1v) is 9.76. The van der Waals surface area contributed by atoms with Gasteiger partial charge in [0.2, 0.25) is 5.91 Å². The molecule has 1 aliphatic heterocycles. The zero-order chi connectivity index (χ0) is 17.6. The number of methoxy groups -OCH3 is 1. The molecular formula is C18H26N2O4S. The minimum atomic E-state index is 0.0102. The van der Waals surface area contributed by atoms with Crippen LogP contribution in [0.25, 0.3) is 0 Å². The van der Waals surface area contributed by atoms with Crippen molar-refractivity contribution in [3.8, 4) is 0 Å². The Morgan fingerprint density at radius 2 is 2.20 bits per heavy atom. The van der Waals surface area contributed by atoms with E-state index in [2.05, 4.69) is 5.32 Å². The molecule has 6 nitrogen and oxygen atoms in total. The molecule has 0 radical (unpaired) electrons. The van der Waals surface area contributed by atoms with Gasteiger partial charge in [-0.05, 0) is 37.3 Å². The van der Waals surface area contributed by atoms with Crippen LogP contribution in [0.15, 0.2) is 6.07 Å². The summed E-state index contributed by atoms with van der Waals surface area (Å²) in [6, 6.07) is 2.00. The second-order valence-corrected chi connectivity index (χ2v) is 7.68. The van der Waals surface area contributed by atoms with Crippen molar-refractivity contribution in [2.24, 2.45) is 5.92 Å². The lowest BCUT2D eigenvalue weighted by Crippen LogP contribution is -2.40. The molecule has 0 saturated carbocycles. The normalized spacial score (nSPS) is 20.2. The highest BCUT2D eigenvalue weighted by molar-refractivity contribution is 7.14. The quantitative estimate of drug-likeness (QED) is 0.775. The first-order valence-electron chi connectivity index (χ1n) is 8.94. The second kappa shape index (κ2) is 8.78. The van der Waals surface area contributed by atoms with E-state index in [1.54, 1.807) is 18.4 Å². The molecule has 1 aromatic heterocycles. The van der Waals surface area contributed by atoms with E-state index in [-0.39, 0.29) is 17.7 Å². The van der Waals surface area contributed by atoms with Gasteiger partial charge in [0.1, 0.15) is 0 Å². The van der Waals surface area contributed by atoms with Crippen LogP contribution in [0.4, 0.5) is 0 Å². The summed E-state index contributed by atoms with van der Waals surface area (Å²) >= 11 is 1.60. The average molecular weight is 366 g/mol. The van der Waals surface area contributed by atoms with Crippen LogP contribution in [0.1, 0.15) is 33.0 Å². The van der Waals surface area contributed by atoms with E-state index in [0.29, 0.717) is 39.5 Å². The van der Waals surface area contributed by atoms with E-state index in [0.717, 1.165) is 30.6 Å². The Labute approximate surface area is 152 Å². The molecule has 0 spiro atoms. The Morgan fingerprint density at radius 1 is 1.40 bits per heavy atom. The molecule has 1 fully saturated rings. The largest absolute Gasteiger partial charge is 0.385 e. The summed E-state index contributed by atoms with van der Waals surface area (Å²) in [6.07, 6.45) is 3.30. The molecule has 1 aliphatic carbocycles. The molecule has 1 saturated heterocycles. The fraction of sp³-hybridized carbons (Fsp3) is 0.667. The van der Waals surface area contributed by atoms with Crippen molar-refractivity contribution in [3.05, 3.63) is 21.4 Å². The Hall–Kier alpha value is -1.44. The lowest BCUT2D eigenvalue weighted by molar-refractivity contribution is -0.125. The van der Waals surface area contributed by atoms with Crippen LogP contribution in [0.5, 0.6) is 0 Å². The van der Waals surface area contributed by atoms with Gasteiger partial charge in [0.15, 0.2) is 0 Å². The third kappa shape index (κ3) is 4.59. The number of carbonyl (C=O) groups is 2. The summed E-state index contributed by atoms with van der Waals surface area (Å²) < 4.78 is 10.3. The van der Waals surface area contributed by atoms with E-state index < -0.39 is 0 Å². The van der Waals surface area contributed by atoms with E-state index in [9.17, 15) is 9.59 Å². The van der Waals surface area contributed by atoms with E-state index >= 15 is 0 Å². The Morgan fingerprint density at radius 3 is 2.96 bits per heavy atom. The van der Waals surface area contributed by atoms with Gasteiger partial charge in [-0.25, -0.2) is 0 Å². The third-order valence-electron chi connectivity index (χ3n) is 4.79. The number of thiophene rings is 1. The van der Waals surface area contributed by atoms with E-state index in [1.807, 2.05) is 11.0 Å². The number of hydrogen-bond donors (Lipinski definition) is 1. The predicted octanol–water partition coefficient (Wildman–Crippen LogP) is 1.48. The summed E-state index contributed by atoms with van der Waals surface area (Å²) in [5, 5.41) is 2.99. The van der Waals surface area contributed by atoms with Gasteiger partial charge in [-0.2, -0.15) is 0 Å². The lowest BCUT2D eigenvalue weighted by atomic mass is 9.87. The van der Waals surface area contributed by atoms with E-state index in [4.69, 9.17) is 9.47 Å². The number of nitrogens with one attached hydrogen (secondary N) is 1. The van der Waals surface area contributed by atoms with Crippen LogP contribution in [0.3, 0.4) is 0 Å². The molecule has 25 heavy (non-hydrogen) atoms. The van der Waals surface area contributed by atoms with Crippen LogP contribution in [-0.2, 0) is 27.1 Å². The number of morpholine rings is 1. The van der Waals surface area contributed by atoms with Crippen LogP contribution in [0.2, 0.25) is 0 Å². The van der Waals surface area contributed by atoms with Crippen molar-refractivity contribution in [2.45, 2.75) is 25.7 Å². The van der Waals surface area contributed by atoms with E-state index in [1.165, 1.54) is 10.4 Å². The third-order valence-corrected chi connectivity index (χ3v) is 6.01. The molecule has 2 aliphatic rings. The molecule has 1 atom stereocenters. The molecule has 0 aromatic carbocycles. The first kappa shape index (κ1) is 18.4. The van der Waals surface area contributed by atoms with Crippen molar-refractivity contribution < 1.29 is 19.1 Å².